The van der Waals surface area contributed by atoms with Crippen molar-refractivity contribution in [3.05, 3.63) is 99.3 Å². The molecular weight excluding hydrogens is 595 g/mol. The van der Waals surface area contributed by atoms with Gasteiger partial charge >= 0.3 is 5.91 Å². The third kappa shape index (κ3) is 6.95. The van der Waals surface area contributed by atoms with Crippen molar-refractivity contribution in [2.75, 3.05) is 13.2 Å². The molecule has 0 unspecified atom stereocenters. The van der Waals surface area contributed by atoms with Crippen LogP contribution in [0.3, 0.4) is 0 Å². The minimum Gasteiger partial charge on any atom is -0.494 e. The monoisotopic (exact) mass is 624 g/mol. The summed E-state index contributed by atoms with van der Waals surface area (Å²) in [5, 5.41) is 4.92. The number of fused-ring (bicyclic) bond motifs is 1. The van der Waals surface area contributed by atoms with E-state index in [-0.39, 0.29) is 5.76 Å². The third-order valence-corrected chi connectivity index (χ3v) is 6.24. The van der Waals surface area contributed by atoms with Gasteiger partial charge in [0.1, 0.15) is 17.9 Å². The van der Waals surface area contributed by atoms with E-state index in [4.69, 9.17) is 18.6 Å². The maximum absolute atomic E-state index is 12.6. The lowest BCUT2D eigenvalue weighted by molar-refractivity contribution is 0.0929. The second-order valence-electron chi connectivity index (χ2n) is 8.29. The molecule has 196 valence electrons. The fourth-order valence-corrected chi connectivity index (χ4v) is 4.20. The standard InChI is InChI=1S/C30H29IN2O5/c1-4-7-22-14-21(15-27(36-6-3)29(22)37-19-20-8-10-24(31)11-9-20)18-32-33-30(34)28-17-23-16-25(35-5-2)12-13-26(23)38-28/h4,8-18H,1,5-7,19H2,2-3H3,(H,33,34)/b32-18+. The van der Waals surface area contributed by atoms with Crippen LogP contribution in [-0.4, -0.2) is 25.3 Å². The highest BCUT2D eigenvalue weighted by Gasteiger charge is 2.15. The molecule has 1 heterocycles. The van der Waals surface area contributed by atoms with Crippen molar-refractivity contribution < 1.29 is 23.4 Å². The Balaban J connectivity index is 1.50. The Labute approximate surface area is 235 Å². The van der Waals surface area contributed by atoms with Crippen LogP contribution < -0.4 is 19.6 Å². The molecule has 0 aliphatic heterocycles. The van der Waals surface area contributed by atoms with Gasteiger partial charge in [-0.2, -0.15) is 5.10 Å². The Morgan fingerprint density at radius 3 is 2.55 bits per heavy atom. The van der Waals surface area contributed by atoms with E-state index in [9.17, 15) is 4.79 Å². The molecule has 7 nitrogen and oxygen atoms in total. The average Bonchev–Trinajstić information content (AvgIpc) is 3.33. The number of carbonyl (C=O) groups excluding carboxylic acids is 1. The predicted octanol–water partition coefficient (Wildman–Crippen LogP) is 6.91. The van der Waals surface area contributed by atoms with Crippen LogP contribution in [0.15, 0.2) is 82.8 Å². The molecule has 4 rings (SSSR count). The van der Waals surface area contributed by atoms with E-state index < -0.39 is 5.91 Å². The normalized spacial score (nSPS) is 11.0. The molecule has 1 aromatic heterocycles. The van der Waals surface area contributed by atoms with Crippen molar-refractivity contribution in [3.63, 3.8) is 0 Å². The Morgan fingerprint density at radius 2 is 1.82 bits per heavy atom. The summed E-state index contributed by atoms with van der Waals surface area (Å²) in [6.45, 7) is 9.16. The maximum atomic E-state index is 12.6. The van der Waals surface area contributed by atoms with Gasteiger partial charge in [-0.25, -0.2) is 5.43 Å². The molecule has 0 spiro atoms. The summed E-state index contributed by atoms with van der Waals surface area (Å²) in [4.78, 5) is 12.6. The van der Waals surface area contributed by atoms with E-state index in [0.29, 0.717) is 43.3 Å². The number of ether oxygens (including phenoxy) is 3. The van der Waals surface area contributed by atoms with Crippen LogP contribution in [0.25, 0.3) is 11.0 Å². The summed E-state index contributed by atoms with van der Waals surface area (Å²) in [5.41, 5.74) is 5.84. The molecule has 0 aliphatic carbocycles. The molecule has 1 N–H and O–H groups in total. The number of nitrogens with one attached hydrogen (secondary N) is 1. The molecule has 0 saturated heterocycles. The zero-order valence-corrected chi connectivity index (χ0v) is 23.5. The quantitative estimate of drug-likeness (QED) is 0.0803. The van der Waals surface area contributed by atoms with E-state index in [1.807, 2.05) is 62.4 Å². The number of amides is 1. The lowest BCUT2D eigenvalue weighted by atomic mass is 10.1. The van der Waals surface area contributed by atoms with Gasteiger partial charge < -0.3 is 18.6 Å². The Morgan fingerprint density at radius 1 is 1.03 bits per heavy atom. The number of carbonyl (C=O) groups is 1. The van der Waals surface area contributed by atoms with Crippen LogP contribution >= 0.6 is 22.6 Å². The minimum atomic E-state index is -0.454. The van der Waals surface area contributed by atoms with Crippen molar-refractivity contribution in [2.24, 2.45) is 5.10 Å². The van der Waals surface area contributed by atoms with Crippen LogP contribution in [0.5, 0.6) is 17.2 Å². The Bertz CT molecular complexity index is 1440. The molecule has 0 aliphatic rings. The SMILES string of the molecule is C=CCc1cc(/C=N/NC(=O)c2cc3cc(OCC)ccc3o2)cc(OCC)c1OCc1ccc(I)cc1. The predicted molar refractivity (Wildman–Crippen MR) is 157 cm³/mol. The molecule has 3 aromatic carbocycles. The van der Waals surface area contributed by atoms with Crippen LogP contribution in [0.1, 0.15) is 41.1 Å². The Kier molecular flexibility index (Phi) is 9.42. The van der Waals surface area contributed by atoms with E-state index in [2.05, 4.69) is 39.7 Å². The highest BCUT2D eigenvalue weighted by molar-refractivity contribution is 14.1. The van der Waals surface area contributed by atoms with Crippen LogP contribution in [-0.2, 0) is 13.0 Å². The number of rotatable bonds is 12. The number of nitrogens with zero attached hydrogens (tertiary/aromatic N) is 1. The van der Waals surface area contributed by atoms with Gasteiger partial charge in [0.25, 0.3) is 0 Å². The first kappa shape index (κ1) is 27.3. The number of hydrogen-bond acceptors (Lipinski definition) is 6. The molecule has 0 radical (unpaired) electrons. The molecular formula is C30H29IN2O5. The molecule has 8 heteroatoms. The first-order valence-corrected chi connectivity index (χ1v) is 13.4. The zero-order valence-electron chi connectivity index (χ0n) is 21.3. The lowest BCUT2D eigenvalue weighted by Gasteiger charge is -2.17. The fourth-order valence-electron chi connectivity index (χ4n) is 3.84. The average molecular weight is 624 g/mol. The molecule has 4 aromatic rings. The highest BCUT2D eigenvalue weighted by atomic mass is 127. The summed E-state index contributed by atoms with van der Waals surface area (Å²) in [7, 11) is 0. The van der Waals surface area contributed by atoms with Crippen molar-refractivity contribution in [1.82, 2.24) is 5.43 Å². The van der Waals surface area contributed by atoms with Crippen molar-refractivity contribution in [3.8, 4) is 17.2 Å². The Hall–Kier alpha value is -3.79. The number of hydrazone groups is 1. The first-order valence-electron chi connectivity index (χ1n) is 12.3. The second kappa shape index (κ2) is 13.1. The van der Waals surface area contributed by atoms with Crippen LogP contribution in [0.4, 0.5) is 0 Å². The van der Waals surface area contributed by atoms with Gasteiger partial charge in [-0.3, -0.25) is 4.79 Å². The first-order chi connectivity index (χ1) is 18.5. The molecule has 0 bridgehead atoms. The molecule has 0 saturated carbocycles. The van der Waals surface area contributed by atoms with Crippen molar-refractivity contribution in [2.45, 2.75) is 26.9 Å². The van der Waals surface area contributed by atoms with Gasteiger partial charge in [0.2, 0.25) is 0 Å². The van der Waals surface area contributed by atoms with E-state index in [1.165, 1.54) is 3.57 Å². The van der Waals surface area contributed by atoms with Crippen molar-refractivity contribution >= 4 is 45.7 Å². The van der Waals surface area contributed by atoms with Gasteiger partial charge in [-0.1, -0.05) is 18.2 Å². The fraction of sp³-hybridized carbons (Fsp3) is 0.200. The third-order valence-electron chi connectivity index (χ3n) is 5.52. The number of furan rings is 1. The van der Waals surface area contributed by atoms with Gasteiger partial charge in [0, 0.05) is 14.5 Å². The highest BCUT2D eigenvalue weighted by Crippen LogP contribution is 2.34. The van der Waals surface area contributed by atoms with Crippen LogP contribution in [0, 0.1) is 3.57 Å². The topological polar surface area (TPSA) is 82.3 Å². The van der Waals surface area contributed by atoms with Gasteiger partial charge in [-0.15, -0.1) is 6.58 Å². The zero-order chi connectivity index (χ0) is 26.9. The second-order valence-corrected chi connectivity index (χ2v) is 9.54. The van der Waals surface area contributed by atoms with Crippen LogP contribution in [0.2, 0.25) is 0 Å². The molecule has 1 amide bonds. The molecule has 0 fully saturated rings. The summed E-state index contributed by atoms with van der Waals surface area (Å²) < 4.78 is 24.4. The summed E-state index contributed by atoms with van der Waals surface area (Å²) >= 11 is 2.28. The summed E-state index contributed by atoms with van der Waals surface area (Å²) in [6.07, 6.45) is 3.95. The van der Waals surface area contributed by atoms with E-state index >= 15 is 0 Å². The van der Waals surface area contributed by atoms with E-state index in [0.717, 1.165) is 27.8 Å². The maximum Gasteiger partial charge on any atom is 0.307 e. The number of halogens is 1. The summed E-state index contributed by atoms with van der Waals surface area (Å²) in [6, 6.07) is 19.0. The van der Waals surface area contributed by atoms with Crippen molar-refractivity contribution in [1.29, 1.82) is 0 Å². The van der Waals surface area contributed by atoms with Gasteiger partial charge in [0.15, 0.2) is 17.3 Å². The largest absolute Gasteiger partial charge is 0.494 e. The number of benzene rings is 3. The van der Waals surface area contributed by atoms with Gasteiger partial charge in [0.05, 0.1) is 19.4 Å². The minimum absolute atomic E-state index is 0.160. The number of allylic oxidation sites excluding steroid dienone is 1. The smallest absolute Gasteiger partial charge is 0.307 e. The van der Waals surface area contributed by atoms with E-state index in [1.54, 1.807) is 24.4 Å². The molecule has 0 atom stereocenters. The number of hydrogen-bond donors (Lipinski definition) is 1. The lowest BCUT2D eigenvalue weighted by Crippen LogP contribution is -2.16. The molecule has 38 heavy (non-hydrogen) atoms. The summed E-state index contributed by atoms with van der Waals surface area (Å²) in [5.74, 6) is 1.70. The van der Waals surface area contributed by atoms with Gasteiger partial charge in [-0.05, 0) is 103 Å².